The fraction of sp³-hybridized carbons (Fsp3) is 0.333. The minimum atomic E-state index is -0.178. The molecule has 0 fully saturated rings. The third-order valence-corrected chi connectivity index (χ3v) is 1.45. The van der Waals surface area contributed by atoms with Gasteiger partial charge in [0.15, 0.2) is 0 Å². The van der Waals surface area contributed by atoms with E-state index in [0.717, 1.165) is 0 Å². The Balaban J connectivity index is 2.25. The molecule has 0 saturated heterocycles. The Morgan fingerprint density at radius 3 is 3.45 bits per heavy atom. The minimum Gasteiger partial charge on any atom is -0.468 e. The Morgan fingerprint density at radius 2 is 2.64 bits per heavy atom. The van der Waals surface area contributed by atoms with Crippen LogP contribution < -0.4 is 0 Å². The smallest absolute Gasteiger partial charge is 0.300 e. The second kappa shape index (κ2) is 2.26. The summed E-state index contributed by atoms with van der Waals surface area (Å²) in [5.74, 6) is 0. The highest BCUT2D eigenvalue weighted by atomic mass is 16.7. The average Bonchev–Trinajstić information content (AvgIpc) is 2.50. The summed E-state index contributed by atoms with van der Waals surface area (Å²) in [6, 6.07) is 0.499. The second-order valence-corrected chi connectivity index (χ2v) is 2.08. The van der Waals surface area contributed by atoms with Gasteiger partial charge in [-0.2, -0.15) is 0 Å². The monoisotopic (exact) mass is 153 g/mol. The van der Waals surface area contributed by atoms with E-state index in [2.05, 4.69) is 10.1 Å². The Labute approximate surface area is 63.6 Å². The number of fused-ring (bicyclic) bond motifs is 1. The molecule has 0 amide bonds. The molecule has 0 aromatic heterocycles. The normalized spacial score (nSPS) is 26.1. The first-order valence-corrected chi connectivity index (χ1v) is 3.18. The Morgan fingerprint density at radius 1 is 1.73 bits per heavy atom. The van der Waals surface area contributed by atoms with Crippen LogP contribution in [0.1, 0.15) is 0 Å². The van der Waals surface area contributed by atoms with E-state index in [1.54, 1.807) is 24.3 Å². The van der Waals surface area contributed by atoms with Crippen LogP contribution in [0, 0.1) is 0 Å². The number of hydrogen-bond acceptors (Lipinski definition) is 5. The number of amidine groups is 1. The van der Waals surface area contributed by atoms with Gasteiger partial charge in [-0.25, -0.2) is 9.89 Å². The highest BCUT2D eigenvalue weighted by Gasteiger charge is 2.27. The van der Waals surface area contributed by atoms with E-state index in [1.807, 2.05) is 0 Å². The zero-order chi connectivity index (χ0) is 7.68. The standard InChI is InChI=1S/C6H7N3O2/c1-10-6-7-3-2-5-9(6)4-8-11-5/h2-5H,1H3. The van der Waals surface area contributed by atoms with E-state index in [-0.39, 0.29) is 6.23 Å². The van der Waals surface area contributed by atoms with Crippen LogP contribution in [0.5, 0.6) is 0 Å². The van der Waals surface area contributed by atoms with Gasteiger partial charge in [0.25, 0.3) is 0 Å². The molecule has 1 unspecified atom stereocenters. The van der Waals surface area contributed by atoms with Crippen molar-refractivity contribution in [2.24, 2.45) is 10.1 Å². The first-order valence-electron chi connectivity index (χ1n) is 3.18. The first-order chi connectivity index (χ1) is 5.42. The number of rotatable bonds is 0. The molecule has 11 heavy (non-hydrogen) atoms. The SMILES string of the molecule is COC1=NC=CC2ON=CN12. The van der Waals surface area contributed by atoms with Crippen molar-refractivity contribution in [1.82, 2.24) is 4.90 Å². The quantitative estimate of drug-likeness (QED) is 0.496. The predicted molar refractivity (Wildman–Crippen MR) is 38.8 cm³/mol. The maximum atomic E-state index is 4.96. The molecular formula is C6H7N3O2. The maximum absolute atomic E-state index is 4.96. The zero-order valence-electron chi connectivity index (χ0n) is 5.97. The van der Waals surface area contributed by atoms with E-state index in [9.17, 15) is 0 Å². The number of ether oxygens (including phenoxy) is 1. The van der Waals surface area contributed by atoms with Crippen LogP contribution in [0.3, 0.4) is 0 Å². The summed E-state index contributed by atoms with van der Waals surface area (Å²) in [5.41, 5.74) is 0. The van der Waals surface area contributed by atoms with E-state index >= 15 is 0 Å². The third-order valence-electron chi connectivity index (χ3n) is 1.45. The number of hydrogen-bond donors (Lipinski definition) is 0. The molecule has 5 heteroatoms. The molecule has 2 aliphatic rings. The number of aliphatic imine (C=N–C) groups is 1. The molecule has 0 aromatic rings. The number of methoxy groups -OCH3 is 1. The molecule has 0 spiro atoms. The van der Waals surface area contributed by atoms with Crippen molar-refractivity contribution in [3.05, 3.63) is 12.3 Å². The first kappa shape index (κ1) is 6.21. The lowest BCUT2D eigenvalue weighted by atomic mass is 10.4. The Bertz CT molecular complexity index is 246. The van der Waals surface area contributed by atoms with Gasteiger partial charge in [0.05, 0.1) is 7.11 Å². The highest BCUT2D eigenvalue weighted by molar-refractivity contribution is 5.88. The summed E-state index contributed by atoms with van der Waals surface area (Å²) in [5, 5.41) is 3.61. The molecule has 2 heterocycles. The van der Waals surface area contributed by atoms with Gasteiger partial charge < -0.3 is 9.57 Å². The average molecular weight is 153 g/mol. The minimum absolute atomic E-state index is 0.178. The second-order valence-electron chi connectivity index (χ2n) is 2.08. The van der Waals surface area contributed by atoms with E-state index < -0.39 is 0 Å². The van der Waals surface area contributed by atoms with Crippen molar-refractivity contribution in [3.63, 3.8) is 0 Å². The Hall–Kier alpha value is -1.52. The Kier molecular flexibility index (Phi) is 1.28. The molecule has 0 aliphatic carbocycles. The van der Waals surface area contributed by atoms with Crippen LogP contribution in [-0.4, -0.2) is 30.6 Å². The summed E-state index contributed by atoms with van der Waals surface area (Å²) >= 11 is 0. The van der Waals surface area contributed by atoms with Crippen LogP contribution in [0.15, 0.2) is 22.4 Å². The van der Waals surface area contributed by atoms with E-state index in [4.69, 9.17) is 9.57 Å². The molecule has 0 N–H and O–H groups in total. The third kappa shape index (κ3) is 0.849. The summed E-state index contributed by atoms with van der Waals surface area (Å²) in [6.07, 6.45) is 4.78. The molecule has 0 radical (unpaired) electrons. The van der Waals surface area contributed by atoms with E-state index in [1.165, 1.54) is 6.34 Å². The molecule has 58 valence electrons. The maximum Gasteiger partial charge on any atom is 0.300 e. The molecule has 1 atom stereocenters. The summed E-state index contributed by atoms with van der Waals surface area (Å²) in [4.78, 5) is 10.6. The van der Waals surface area contributed by atoms with Crippen molar-refractivity contribution in [2.75, 3.05) is 7.11 Å². The van der Waals surface area contributed by atoms with Crippen molar-refractivity contribution in [1.29, 1.82) is 0 Å². The van der Waals surface area contributed by atoms with Gasteiger partial charge in [0, 0.05) is 6.20 Å². The lowest BCUT2D eigenvalue weighted by molar-refractivity contribution is 0.0620. The van der Waals surface area contributed by atoms with Crippen LogP contribution >= 0.6 is 0 Å². The van der Waals surface area contributed by atoms with Gasteiger partial charge in [-0.1, -0.05) is 5.16 Å². The van der Waals surface area contributed by atoms with Crippen LogP contribution in [-0.2, 0) is 9.57 Å². The molecule has 2 aliphatic heterocycles. The van der Waals surface area contributed by atoms with Crippen LogP contribution in [0.25, 0.3) is 0 Å². The highest BCUT2D eigenvalue weighted by Crippen LogP contribution is 2.13. The van der Waals surface area contributed by atoms with Gasteiger partial charge in [0.1, 0.15) is 6.34 Å². The lowest BCUT2D eigenvalue weighted by Gasteiger charge is -2.20. The molecule has 5 nitrogen and oxygen atoms in total. The molecule has 0 saturated carbocycles. The largest absolute Gasteiger partial charge is 0.468 e. The van der Waals surface area contributed by atoms with Crippen molar-refractivity contribution in [2.45, 2.75) is 6.23 Å². The zero-order valence-corrected chi connectivity index (χ0v) is 5.97. The molecular weight excluding hydrogens is 146 g/mol. The summed E-state index contributed by atoms with van der Waals surface area (Å²) in [6.45, 7) is 0. The topological polar surface area (TPSA) is 46.4 Å². The molecule has 0 bridgehead atoms. The fourth-order valence-corrected chi connectivity index (χ4v) is 0.948. The van der Waals surface area contributed by atoms with Crippen LogP contribution in [0.4, 0.5) is 0 Å². The number of oxime groups is 1. The van der Waals surface area contributed by atoms with Crippen molar-refractivity contribution >= 4 is 12.4 Å². The van der Waals surface area contributed by atoms with Crippen molar-refractivity contribution in [3.8, 4) is 0 Å². The van der Waals surface area contributed by atoms with Gasteiger partial charge in [-0.15, -0.1) is 0 Å². The molecule has 0 aromatic carbocycles. The van der Waals surface area contributed by atoms with Crippen molar-refractivity contribution < 1.29 is 9.57 Å². The fourth-order valence-electron chi connectivity index (χ4n) is 0.948. The summed E-state index contributed by atoms with van der Waals surface area (Å²) in [7, 11) is 1.56. The summed E-state index contributed by atoms with van der Waals surface area (Å²) < 4.78 is 4.96. The van der Waals surface area contributed by atoms with Gasteiger partial charge in [-0.3, -0.25) is 0 Å². The number of nitrogens with zero attached hydrogens (tertiary/aromatic N) is 3. The van der Waals surface area contributed by atoms with Gasteiger partial charge in [-0.05, 0) is 6.08 Å². The van der Waals surface area contributed by atoms with Gasteiger partial charge >= 0.3 is 6.02 Å². The molecule has 2 rings (SSSR count). The van der Waals surface area contributed by atoms with Gasteiger partial charge in [0.2, 0.25) is 6.23 Å². The lowest BCUT2D eigenvalue weighted by Crippen LogP contribution is -2.37. The predicted octanol–water partition coefficient (Wildman–Crippen LogP) is 0.118. The van der Waals surface area contributed by atoms with E-state index in [0.29, 0.717) is 6.02 Å². The van der Waals surface area contributed by atoms with Crippen LogP contribution in [0.2, 0.25) is 0 Å².